The molecule has 1 aromatic rings. The molecule has 0 spiro atoms. The number of hydrogen-bond donors (Lipinski definition) is 3. The molecule has 1 fully saturated rings. The average Bonchev–Trinajstić information content (AvgIpc) is 2.47. The molecule has 6 nitrogen and oxygen atoms in total. The Morgan fingerprint density at radius 2 is 2.10 bits per heavy atom. The number of nitrogens with zero attached hydrogens (tertiary/aromatic N) is 1. The van der Waals surface area contributed by atoms with E-state index >= 15 is 0 Å². The Morgan fingerprint density at radius 3 is 2.81 bits per heavy atom. The first kappa shape index (κ1) is 15.2. The highest BCUT2D eigenvalue weighted by atomic mass is 16.4. The van der Waals surface area contributed by atoms with E-state index in [4.69, 9.17) is 5.11 Å². The lowest BCUT2D eigenvalue weighted by Crippen LogP contribution is -2.45. The third-order valence-corrected chi connectivity index (χ3v) is 3.51. The first-order valence-electron chi connectivity index (χ1n) is 6.93. The van der Waals surface area contributed by atoms with E-state index in [9.17, 15) is 14.7 Å². The molecule has 0 bridgehead atoms. The summed E-state index contributed by atoms with van der Waals surface area (Å²) in [4.78, 5) is 26.8. The minimum Gasteiger partial charge on any atom is -0.478 e. The highest BCUT2D eigenvalue weighted by molar-refractivity contribution is 5.97. The molecule has 2 atom stereocenters. The maximum Gasteiger partial charge on any atom is 0.328 e. The van der Waals surface area contributed by atoms with Crippen LogP contribution >= 0.6 is 0 Å². The fraction of sp³-hybridized carbons (Fsp3) is 0.400. The minimum absolute atomic E-state index is 0.160. The minimum atomic E-state index is -1.09. The first-order chi connectivity index (χ1) is 10.1. The summed E-state index contributed by atoms with van der Waals surface area (Å²) >= 11 is 0. The van der Waals surface area contributed by atoms with Crippen molar-refractivity contribution in [2.24, 2.45) is 0 Å². The van der Waals surface area contributed by atoms with Crippen LogP contribution in [0, 0.1) is 0 Å². The van der Waals surface area contributed by atoms with Crippen LogP contribution in [0.3, 0.4) is 0 Å². The molecule has 2 rings (SSSR count). The van der Waals surface area contributed by atoms with E-state index in [0.717, 1.165) is 25.3 Å². The smallest absolute Gasteiger partial charge is 0.328 e. The van der Waals surface area contributed by atoms with Crippen LogP contribution in [-0.4, -0.2) is 39.2 Å². The number of hydrogen-bond acceptors (Lipinski definition) is 4. The summed E-state index contributed by atoms with van der Waals surface area (Å²) in [6.07, 6.45) is 6.58. The summed E-state index contributed by atoms with van der Waals surface area (Å²) < 4.78 is 0. The van der Waals surface area contributed by atoms with Crippen LogP contribution in [0.15, 0.2) is 24.4 Å². The Balaban J connectivity index is 2.13. The Bertz CT molecular complexity index is 556. The number of aliphatic carboxylic acids is 1. The van der Waals surface area contributed by atoms with Gasteiger partial charge in [-0.1, -0.05) is 18.9 Å². The van der Waals surface area contributed by atoms with Gasteiger partial charge in [0.2, 0.25) is 0 Å². The van der Waals surface area contributed by atoms with Crippen LogP contribution in [0.1, 0.15) is 41.7 Å². The Hall–Kier alpha value is -2.21. The van der Waals surface area contributed by atoms with Crippen molar-refractivity contribution >= 4 is 18.0 Å². The van der Waals surface area contributed by atoms with Crippen molar-refractivity contribution in [3.63, 3.8) is 0 Å². The van der Waals surface area contributed by atoms with Crippen LogP contribution in [0.25, 0.3) is 6.08 Å². The normalized spacial score (nSPS) is 22.1. The second-order valence-corrected chi connectivity index (χ2v) is 5.04. The zero-order valence-electron chi connectivity index (χ0n) is 11.5. The molecule has 21 heavy (non-hydrogen) atoms. The van der Waals surface area contributed by atoms with Gasteiger partial charge in [-0.3, -0.25) is 9.78 Å². The predicted molar refractivity (Wildman–Crippen MR) is 76.6 cm³/mol. The third-order valence-electron chi connectivity index (χ3n) is 3.51. The van der Waals surface area contributed by atoms with E-state index in [0.29, 0.717) is 12.0 Å². The molecule has 3 N–H and O–H groups in total. The molecular formula is C15H18N2O4. The van der Waals surface area contributed by atoms with E-state index in [1.54, 1.807) is 12.1 Å². The van der Waals surface area contributed by atoms with Gasteiger partial charge in [0.15, 0.2) is 0 Å². The van der Waals surface area contributed by atoms with Gasteiger partial charge in [0.25, 0.3) is 5.91 Å². The molecule has 112 valence electrons. The fourth-order valence-electron chi connectivity index (χ4n) is 2.42. The van der Waals surface area contributed by atoms with Crippen molar-refractivity contribution in [1.82, 2.24) is 10.3 Å². The summed E-state index contributed by atoms with van der Waals surface area (Å²) in [5, 5.41) is 21.3. The second-order valence-electron chi connectivity index (χ2n) is 5.04. The molecule has 1 heterocycles. The van der Waals surface area contributed by atoms with Gasteiger partial charge in [-0.25, -0.2) is 4.79 Å². The quantitative estimate of drug-likeness (QED) is 0.724. The Kier molecular flexibility index (Phi) is 5.05. The summed E-state index contributed by atoms with van der Waals surface area (Å²) in [5.74, 6) is -1.49. The lowest BCUT2D eigenvalue weighted by molar-refractivity contribution is -0.131. The Morgan fingerprint density at radius 1 is 1.33 bits per heavy atom. The average molecular weight is 290 g/mol. The molecular weight excluding hydrogens is 272 g/mol. The summed E-state index contributed by atoms with van der Waals surface area (Å²) in [6, 6.07) is 2.98. The SMILES string of the molecule is O=C(O)/C=C/c1cccnc1C(=O)NC1CCCCC1O. The van der Waals surface area contributed by atoms with Gasteiger partial charge in [-0.15, -0.1) is 0 Å². The van der Waals surface area contributed by atoms with Gasteiger partial charge < -0.3 is 15.5 Å². The van der Waals surface area contributed by atoms with Gasteiger partial charge in [0.1, 0.15) is 5.69 Å². The van der Waals surface area contributed by atoms with E-state index in [1.165, 1.54) is 12.3 Å². The van der Waals surface area contributed by atoms with Crippen LogP contribution in [0.5, 0.6) is 0 Å². The van der Waals surface area contributed by atoms with E-state index in [-0.39, 0.29) is 11.7 Å². The molecule has 0 saturated heterocycles. The van der Waals surface area contributed by atoms with Crippen molar-refractivity contribution in [2.75, 3.05) is 0 Å². The summed E-state index contributed by atoms with van der Waals surface area (Å²) in [6.45, 7) is 0. The zero-order chi connectivity index (χ0) is 15.2. The third kappa shape index (κ3) is 4.13. The number of aromatic nitrogens is 1. The molecule has 6 heteroatoms. The van der Waals surface area contributed by atoms with Gasteiger partial charge in [0, 0.05) is 17.8 Å². The highest BCUT2D eigenvalue weighted by Gasteiger charge is 2.25. The van der Waals surface area contributed by atoms with E-state index < -0.39 is 18.0 Å². The number of carbonyl (C=O) groups excluding carboxylic acids is 1. The van der Waals surface area contributed by atoms with E-state index in [2.05, 4.69) is 10.3 Å². The zero-order valence-corrected chi connectivity index (χ0v) is 11.5. The standard InChI is InChI=1S/C15H18N2O4/c18-12-6-2-1-5-11(12)17-15(21)14-10(4-3-9-16-14)7-8-13(19)20/h3-4,7-9,11-12,18H,1-2,5-6H2,(H,17,21)(H,19,20)/b8-7+. The molecule has 0 radical (unpaired) electrons. The van der Waals surface area contributed by atoms with Gasteiger partial charge in [-0.2, -0.15) is 0 Å². The Labute approximate surface area is 122 Å². The number of carboxylic acids is 1. The molecule has 0 aliphatic heterocycles. The van der Waals surface area contributed by atoms with Crippen LogP contribution < -0.4 is 5.32 Å². The topological polar surface area (TPSA) is 99.5 Å². The molecule has 1 saturated carbocycles. The lowest BCUT2D eigenvalue weighted by atomic mass is 9.92. The fourth-order valence-corrected chi connectivity index (χ4v) is 2.42. The largest absolute Gasteiger partial charge is 0.478 e. The number of amides is 1. The van der Waals surface area contributed by atoms with Crippen LogP contribution in [-0.2, 0) is 4.79 Å². The molecule has 1 amide bonds. The number of nitrogens with one attached hydrogen (secondary N) is 1. The van der Waals surface area contributed by atoms with Crippen molar-refractivity contribution < 1.29 is 19.8 Å². The van der Waals surface area contributed by atoms with E-state index in [1.807, 2.05) is 0 Å². The number of aliphatic hydroxyl groups is 1. The first-order valence-corrected chi connectivity index (χ1v) is 6.93. The lowest BCUT2D eigenvalue weighted by Gasteiger charge is -2.28. The molecule has 0 aromatic carbocycles. The maximum absolute atomic E-state index is 12.3. The van der Waals surface area contributed by atoms with Crippen molar-refractivity contribution in [1.29, 1.82) is 0 Å². The molecule has 1 aliphatic rings. The van der Waals surface area contributed by atoms with Crippen LogP contribution in [0.4, 0.5) is 0 Å². The molecule has 1 aliphatic carbocycles. The van der Waals surface area contributed by atoms with Gasteiger partial charge in [-0.05, 0) is 25.0 Å². The number of rotatable bonds is 4. The van der Waals surface area contributed by atoms with Gasteiger partial charge >= 0.3 is 5.97 Å². The number of carboxylic acid groups (broad SMARTS) is 1. The van der Waals surface area contributed by atoms with Crippen LogP contribution in [0.2, 0.25) is 0 Å². The predicted octanol–water partition coefficient (Wildman–Crippen LogP) is 1.21. The number of aliphatic hydroxyl groups excluding tert-OH is 1. The molecule has 1 aromatic heterocycles. The highest BCUT2D eigenvalue weighted by Crippen LogP contribution is 2.19. The van der Waals surface area contributed by atoms with Gasteiger partial charge in [0.05, 0.1) is 12.1 Å². The second kappa shape index (κ2) is 6.99. The molecule has 2 unspecified atom stereocenters. The maximum atomic E-state index is 12.3. The summed E-state index contributed by atoms with van der Waals surface area (Å²) in [7, 11) is 0. The number of carbonyl (C=O) groups is 2. The summed E-state index contributed by atoms with van der Waals surface area (Å²) in [5.41, 5.74) is 0.593. The van der Waals surface area contributed by atoms with Crippen molar-refractivity contribution in [3.8, 4) is 0 Å². The number of pyridine rings is 1. The van der Waals surface area contributed by atoms with Crippen molar-refractivity contribution in [2.45, 2.75) is 37.8 Å². The monoisotopic (exact) mass is 290 g/mol. The van der Waals surface area contributed by atoms with Crippen molar-refractivity contribution in [3.05, 3.63) is 35.7 Å².